The van der Waals surface area contributed by atoms with Gasteiger partial charge in [0.2, 0.25) is 0 Å². The molecule has 142 valence electrons. The van der Waals surface area contributed by atoms with E-state index in [9.17, 15) is 14.4 Å². The van der Waals surface area contributed by atoms with Gasteiger partial charge in [-0.2, -0.15) is 0 Å². The number of methoxy groups -OCH3 is 1. The van der Waals surface area contributed by atoms with E-state index < -0.39 is 30.4 Å². The summed E-state index contributed by atoms with van der Waals surface area (Å²) in [7, 11) is 1.51. The van der Waals surface area contributed by atoms with Gasteiger partial charge in [0.1, 0.15) is 11.8 Å². The first-order valence-electron chi connectivity index (χ1n) is 8.06. The summed E-state index contributed by atoms with van der Waals surface area (Å²) in [5.74, 6) is -1.18. The van der Waals surface area contributed by atoms with Crippen molar-refractivity contribution in [1.29, 1.82) is 0 Å². The highest BCUT2D eigenvalue weighted by molar-refractivity contribution is 6.33. The number of esters is 1. The molecule has 27 heavy (non-hydrogen) atoms. The minimum absolute atomic E-state index is 0.245. The highest BCUT2D eigenvalue weighted by Crippen LogP contribution is 2.16. The Morgan fingerprint density at radius 2 is 1.85 bits per heavy atom. The Morgan fingerprint density at radius 3 is 2.56 bits per heavy atom. The van der Waals surface area contributed by atoms with Crippen molar-refractivity contribution in [2.24, 2.45) is 0 Å². The Morgan fingerprint density at radius 1 is 1.11 bits per heavy atom. The maximum absolute atomic E-state index is 12.1. The zero-order valence-electron chi connectivity index (χ0n) is 14.8. The van der Waals surface area contributed by atoms with Gasteiger partial charge in [-0.25, -0.2) is 4.79 Å². The van der Waals surface area contributed by atoms with Crippen LogP contribution in [0, 0.1) is 0 Å². The molecule has 8 heteroatoms. The molecule has 0 aliphatic carbocycles. The molecule has 0 radical (unpaired) electrons. The van der Waals surface area contributed by atoms with Crippen LogP contribution in [0.25, 0.3) is 0 Å². The van der Waals surface area contributed by atoms with Gasteiger partial charge < -0.3 is 20.1 Å². The maximum atomic E-state index is 12.1. The van der Waals surface area contributed by atoms with Crippen LogP contribution in [0.15, 0.2) is 48.5 Å². The Bertz CT molecular complexity index is 840. The molecule has 0 heterocycles. The molecule has 2 rings (SSSR count). The van der Waals surface area contributed by atoms with Gasteiger partial charge in [0, 0.05) is 11.8 Å². The number of amides is 2. The highest BCUT2D eigenvalue weighted by atomic mass is 35.5. The van der Waals surface area contributed by atoms with Crippen LogP contribution in [-0.2, 0) is 14.3 Å². The Kier molecular flexibility index (Phi) is 7.19. The van der Waals surface area contributed by atoms with Crippen LogP contribution in [0.3, 0.4) is 0 Å². The third-order valence-corrected chi connectivity index (χ3v) is 3.85. The standard InChI is InChI=1S/C19H19ClN2O5/c1-12(21-18(24)15-8-3-4-9-16(15)20)19(25)27-11-17(23)22-13-6-5-7-14(10-13)26-2/h3-10,12H,11H2,1-2H3,(H,21,24)(H,22,23)/t12-/m0/s1. The molecule has 0 spiro atoms. The molecule has 0 aliphatic heterocycles. The van der Waals surface area contributed by atoms with Crippen molar-refractivity contribution in [2.45, 2.75) is 13.0 Å². The number of nitrogens with one attached hydrogen (secondary N) is 2. The first-order chi connectivity index (χ1) is 12.9. The lowest BCUT2D eigenvalue weighted by molar-refractivity contribution is -0.148. The molecule has 0 aliphatic rings. The zero-order valence-corrected chi connectivity index (χ0v) is 15.6. The molecule has 7 nitrogen and oxygen atoms in total. The van der Waals surface area contributed by atoms with Crippen LogP contribution in [0.1, 0.15) is 17.3 Å². The third kappa shape index (κ3) is 6.00. The second-order valence-corrected chi connectivity index (χ2v) is 5.97. The molecule has 0 saturated carbocycles. The van der Waals surface area contributed by atoms with Gasteiger partial charge in [-0.1, -0.05) is 29.8 Å². The van der Waals surface area contributed by atoms with Crippen LogP contribution in [0.5, 0.6) is 5.75 Å². The van der Waals surface area contributed by atoms with Gasteiger partial charge in [0.05, 0.1) is 17.7 Å². The number of benzene rings is 2. The number of carbonyl (C=O) groups excluding carboxylic acids is 3. The molecule has 2 aromatic carbocycles. The number of ether oxygens (including phenoxy) is 2. The van der Waals surface area contributed by atoms with Crippen LogP contribution < -0.4 is 15.4 Å². The summed E-state index contributed by atoms with van der Waals surface area (Å²) >= 11 is 5.94. The van der Waals surface area contributed by atoms with Crippen LogP contribution in [0.2, 0.25) is 5.02 Å². The second kappa shape index (κ2) is 9.59. The van der Waals surface area contributed by atoms with Gasteiger partial charge in [-0.3, -0.25) is 9.59 Å². The van der Waals surface area contributed by atoms with E-state index in [1.54, 1.807) is 42.5 Å². The average molecular weight is 391 g/mol. The van der Waals surface area contributed by atoms with E-state index in [-0.39, 0.29) is 10.6 Å². The van der Waals surface area contributed by atoms with Crippen molar-refractivity contribution in [1.82, 2.24) is 5.32 Å². The van der Waals surface area contributed by atoms with Gasteiger partial charge in [0.15, 0.2) is 6.61 Å². The quantitative estimate of drug-likeness (QED) is 0.709. The molecule has 0 unspecified atom stereocenters. The van der Waals surface area contributed by atoms with E-state index in [1.807, 2.05) is 0 Å². The minimum Gasteiger partial charge on any atom is -0.497 e. The summed E-state index contributed by atoms with van der Waals surface area (Å²) in [6.45, 7) is 0.972. The molecule has 0 aromatic heterocycles. The number of hydrogen-bond donors (Lipinski definition) is 2. The smallest absolute Gasteiger partial charge is 0.328 e. The normalized spacial score (nSPS) is 11.2. The Balaban J connectivity index is 1.82. The first-order valence-corrected chi connectivity index (χ1v) is 8.44. The van der Waals surface area contributed by atoms with Crippen molar-refractivity contribution in [3.05, 3.63) is 59.1 Å². The molecule has 2 aromatic rings. The number of anilines is 1. The molecular formula is C19H19ClN2O5. The van der Waals surface area contributed by atoms with E-state index in [0.29, 0.717) is 11.4 Å². The van der Waals surface area contributed by atoms with E-state index in [0.717, 1.165) is 0 Å². The largest absolute Gasteiger partial charge is 0.497 e. The maximum Gasteiger partial charge on any atom is 0.328 e. The van der Waals surface area contributed by atoms with Crippen molar-refractivity contribution in [2.75, 3.05) is 19.0 Å². The lowest BCUT2D eigenvalue weighted by Crippen LogP contribution is -2.40. The lowest BCUT2D eigenvalue weighted by Gasteiger charge is -2.14. The molecule has 0 bridgehead atoms. The minimum atomic E-state index is -0.946. The molecule has 0 saturated heterocycles. The lowest BCUT2D eigenvalue weighted by atomic mass is 10.2. The predicted molar refractivity (Wildman–Crippen MR) is 101 cm³/mol. The van der Waals surface area contributed by atoms with Crippen molar-refractivity contribution in [3.8, 4) is 5.75 Å². The Hall–Kier alpha value is -3.06. The van der Waals surface area contributed by atoms with E-state index >= 15 is 0 Å². The fraction of sp³-hybridized carbons (Fsp3) is 0.211. The number of carbonyl (C=O) groups is 3. The second-order valence-electron chi connectivity index (χ2n) is 5.56. The first kappa shape index (κ1) is 20.3. The average Bonchev–Trinajstić information content (AvgIpc) is 2.66. The van der Waals surface area contributed by atoms with E-state index in [2.05, 4.69) is 10.6 Å². The SMILES string of the molecule is COc1cccc(NC(=O)COC(=O)[C@H](C)NC(=O)c2ccccc2Cl)c1. The summed E-state index contributed by atoms with van der Waals surface area (Å²) in [6.07, 6.45) is 0. The molecule has 2 amide bonds. The van der Waals surface area contributed by atoms with Crippen LogP contribution >= 0.6 is 11.6 Å². The summed E-state index contributed by atoms with van der Waals surface area (Å²) in [5.41, 5.74) is 0.755. The summed E-state index contributed by atoms with van der Waals surface area (Å²) in [4.78, 5) is 36.0. The molecule has 0 fully saturated rings. The van der Waals surface area contributed by atoms with E-state index in [1.165, 1.54) is 20.1 Å². The molecule has 2 N–H and O–H groups in total. The predicted octanol–water partition coefficient (Wildman–Crippen LogP) is 2.65. The summed E-state index contributed by atoms with van der Waals surface area (Å²) in [5, 5.41) is 5.33. The molecular weight excluding hydrogens is 372 g/mol. The number of hydrogen-bond acceptors (Lipinski definition) is 5. The molecule has 1 atom stereocenters. The van der Waals surface area contributed by atoms with E-state index in [4.69, 9.17) is 21.1 Å². The topological polar surface area (TPSA) is 93.7 Å². The Labute approximate surface area is 161 Å². The van der Waals surface area contributed by atoms with Crippen molar-refractivity contribution in [3.63, 3.8) is 0 Å². The number of rotatable bonds is 7. The monoisotopic (exact) mass is 390 g/mol. The zero-order chi connectivity index (χ0) is 19.8. The summed E-state index contributed by atoms with van der Waals surface area (Å²) < 4.78 is 9.99. The van der Waals surface area contributed by atoms with Gasteiger partial charge in [0.25, 0.3) is 11.8 Å². The van der Waals surface area contributed by atoms with Gasteiger partial charge in [-0.05, 0) is 31.2 Å². The van der Waals surface area contributed by atoms with Crippen molar-refractivity contribution >= 4 is 35.1 Å². The fourth-order valence-electron chi connectivity index (χ4n) is 2.14. The number of halogens is 1. The van der Waals surface area contributed by atoms with Crippen LogP contribution in [-0.4, -0.2) is 37.5 Å². The van der Waals surface area contributed by atoms with Crippen LogP contribution in [0.4, 0.5) is 5.69 Å². The highest BCUT2D eigenvalue weighted by Gasteiger charge is 2.20. The van der Waals surface area contributed by atoms with Gasteiger partial charge in [-0.15, -0.1) is 0 Å². The summed E-state index contributed by atoms with van der Waals surface area (Å²) in [6, 6.07) is 12.3. The fourth-order valence-corrected chi connectivity index (χ4v) is 2.36. The van der Waals surface area contributed by atoms with Gasteiger partial charge >= 0.3 is 5.97 Å². The van der Waals surface area contributed by atoms with Crippen molar-refractivity contribution < 1.29 is 23.9 Å². The third-order valence-electron chi connectivity index (χ3n) is 3.52.